The summed E-state index contributed by atoms with van der Waals surface area (Å²) in [5.41, 5.74) is 0.759. The first-order valence-corrected chi connectivity index (χ1v) is 15.6. The van der Waals surface area contributed by atoms with Crippen LogP contribution < -0.4 is 9.74 Å². The first kappa shape index (κ1) is 25.2. The van der Waals surface area contributed by atoms with Gasteiger partial charge in [-0.25, -0.2) is 9.59 Å². The van der Waals surface area contributed by atoms with E-state index in [-0.39, 0.29) is 10.1 Å². The molecule has 1 amide bonds. The summed E-state index contributed by atoms with van der Waals surface area (Å²) in [5.74, 6) is 0.0505. The fraction of sp³-hybridized carbons (Fsp3) is 0.619. The summed E-state index contributed by atoms with van der Waals surface area (Å²) in [6.45, 7) is 20.9. The van der Waals surface area contributed by atoms with E-state index >= 15 is 0 Å². The molecule has 0 saturated heterocycles. The number of amides is 1. The molecule has 0 saturated carbocycles. The Morgan fingerprint density at radius 3 is 1.86 bits per heavy atom. The maximum Gasteiger partial charge on any atom is 0.411 e. The van der Waals surface area contributed by atoms with E-state index in [4.69, 9.17) is 8.85 Å². The lowest BCUT2D eigenvalue weighted by Crippen LogP contribution is -2.45. The van der Waals surface area contributed by atoms with E-state index in [2.05, 4.69) is 64.7 Å². The molecule has 0 unspecified atom stereocenters. The monoisotopic (exact) mass is 439 g/mol. The maximum absolute atomic E-state index is 13.2. The van der Waals surface area contributed by atoms with Gasteiger partial charge in [0.15, 0.2) is 0 Å². The van der Waals surface area contributed by atoms with E-state index in [1.807, 2.05) is 13.1 Å². The number of carbonyl (C=O) groups excluding carboxylic acids is 2. The number of anilines is 1. The Bertz CT molecular complexity index is 761. The van der Waals surface area contributed by atoms with Gasteiger partial charge in [-0.1, -0.05) is 41.5 Å². The number of carbonyl (C=O) groups is 2. The van der Waals surface area contributed by atoms with Crippen LogP contribution in [0.3, 0.4) is 0 Å². The van der Waals surface area contributed by atoms with Gasteiger partial charge >= 0.3 is 12.1 Å². The third-order valence-corrected chi connectivity index (χ3v) is 14.6. The summed E-state index contributed by atoms with van der Waals surface area (Å²) < 4.78 is 17.1. The lowest BCUT2D eigenvalue weighted by atomic mass is 10.2. The van der Waals surface area contributed by atoms with Crippen LogP contribution in [-0.4, -0.2) is 35.8 Å². The third-order valence-electron chi connectivity index (χ3n) is 5.96. The van der Waals surface area contributed by atoms with Gasteiger partial charge in [-0.2, -0.15) is 0 Å². The van der Waals surface area contributed by atoms with Gasteiger partial charge in [0.1, 0.15) is 11.3 Å². The average molecular weight is 440 g/mol. The molecule has 0 heterocycles. The summed E-state index contributed by atoms with van der Waals surface area (Å²) in [6.07, 6.45) is -0.605. The molecular weight excluding hydrogens is 402 g/mol. The van der Waals surface area contributed by atoms with Crippen LogP contribution in [0.5, 0.6) is 5.75 Å². The molecule has 6 nitrogen and oxygen atoms in total. The van der Waals surface area contributed by atoms with E-state index in [1.165, 1.54) is 7.11 Å². The van der Waals surface area contributed by atoms with Gasteiger partial charge in [0, 0.05) is 5.69 Å². The van der Waals surface area contributed by atoms with E-state index in [0.29, 0.717) is 17.0 Å². The number of nitrogens with one attached hydrogen (secondary N) is 1. The zero-order valence-corrected chi connectivity index (χ0v) is 21.8. The van der Waals surface area contributed by atoms with Gasteiger partial charge < -0.3 is 13.6 Å². The van der Waals surface area contributed by atoms with Crippen molar-refractivity contribution < 1.29 is 23.2 Å². The normalized spacial score (nSPS) is 12.9. The molecule has 0 spiro atoms. The van der Waals surface area contributed by atoms with Crippen LogP contribution in [0.25, 0.3) is 0 Å². The van der Waals surface area contributed by atoms with Gasteiger partial charge in [-0.3, -0.25) is 5.32 Å². The molecule has 1 aromatic rings. The lowest BCUT2D eigenvalue weighted by molar-refractivity contribution is 0.0710. The van der Waals surface area contributed by atoms with Crippen LogP contribution in [0.2, 0.25) is 36.3 Å². The van der Waals surface area contributed by atoms with Crippen LogP contribution in [0, 0.1) is 0 Å². The quantitative estimate of drug-likeness (QED) is 0.536. The second kappa shape index (κ2) is 8.51. The van der Waals surface area contributed by atoms with Gasteiger partial charge in [0.05, 0.1) is 7.11 Å². The molecule has 1 N–H and O–H groups in total. The van der Waals surface area contributed by atoms with Gasteiger partial charge in [-0.05, 0) is 54.5 Å². The van der Waals surface area contributed by atoms with E-state index < -0.39 is 28.7 Å². The summed E-state index contributed by atoms with van der Waals surface area (Å²) >= 11 is 0. The average Bonchev–Trinajstić information content (AvgIpc) is 2.53. The minimum atomic E-state index is -2.33. The predicted octanol–water partition coefficient (Wildman–Crippen LogP) is 6.41. The highest BCUT2D eigenvalue weighted by Crippen LogP contribution is 2.40. The van der Waals surface area contributed by atoms with Crippen LogP contribution in [0.1, 0.15) is 51.9 Å². The van der Waals surface area contributed by atoms with Crippen LogP contribution in [-0.2, 0) is 9.16 Å². The molecular formula is C21H37NO5Si2. The van der Waals surface area contributed by atoms with Crippen molar-refractivity contribution in [2.45, 2.75) is 77.8 Å². The standard InChI is InChI=1S/C21H37NO5Si2/c1-20(2,3)28(8,9)26-17-13-12-15(22-19(24)25-7)14-16(17)18(23)27-29(10,11)21(4,5)6/h12-14H,1-11H3,(H,22,24). The molecule has 0 aliphatic carbocycles. The summed E-state index contributed by atoms with van der Waals surface area (Å²) in [6, 6.07) is 5.01. The molecule has 1 rings (SSSR count). The van der Waals surface area contributed by atoms with Crippen molar-refractivity contribution in [1.82, 2.24) is 0 Å². The molecule has 29 heavy (non-hydrogen) atoms. The van der Waals surface area contributed by atoms with Crippen molar-refractivity contribution in [3.05, 3.63) is 23.8 Å². The van der Waals surface area contributed by atoms with Gasteiger partial charge in [0.25, 0.3) is 16.6 Å². The maximum atomic E-state index is 13.2. The van der Waals surface area contributed by atoms with Crippen LogP contribution in [0.4, 0.5) is 10.5 Å². The molecule has 0 aromatic heterocycles. The number of benzene rings is 1. The Hall–Kier alpha value is -1.81. The summed E-state index contributed by atoms with van der Waals surface area (Å²) in [7, 11) is -3.23. The number of rotatable bonds is 5. The second-order valence-electron chi connectivity index (χ2n) is 10.3. The zero-order valence-electron chi connectivity index (χ0n) is 19.8. The SMILES string of the molecule is COC(=O)Nc1ccc(O[Si](C)(C)C(C)(C)C)c(C(=O)O[Si](C)(C)C(C)(C)C)c1. The smallest absolute Gasteiger partial charge is 0.411 e. The fourth-order valence-electron chi connectivity index (χ4n) is 1.89. The first-order valence-electron chi connectivity index (χ1n) is 9.83. The highest BCUT2D eigenvalue weighted by atomic mass is 28.4. The minimum Gasteiger partial charge on any atom is -0.543 e. The van der Waals surface area contributed by atoms with Crippen molar-refractivity contribution >= 4 is 34.4 Å². The molecule has 0 bridgehead atoms. The van der Waals surface area contributed by atoms with E-state index in [0.717, 1.165) is 0 Å². The van der Waals surface area contributed by atoms with Crippen molar-refractivity contribution in [1.29, 1.82) is 0 Å². The van der Waals surface area contributed by atoms with Gasteiger partial charge in [-0.15, -0.1) is 0 Å². The Labute approximate surface area is 177 Å². The highest BCUT2D eigenvalue weighted by Gasteiger charge is 2.42. The van der Waals surface area contributed by atoms with Crippen molar-refractivity contribution in [2.75, 3.05) is 12.4 Å². The fourth-order valence-corrected chi connectivity index (χ4v) is 3.81. The summed E-state index contributed by atoms with van der Waals surface area (Å²) in [5, 5.41) is 2.45. The number of ether oxygens (including phenoxy) is 1. The Balaban J connectivity index is 3.39. The second-order valence-corrected chi connectivity index (χ2v) is 19.8. The molecule has 0 atom stereocenters. The number of hydrogen-bond donors (Lipinski definition) is 1. The largest absolute Gasteiger partial charge is 0.543 e. The van der Waals surface area contributed by atoms with Crippen molar-refractivity contribution in [3.8, 4) is 5.75 Å². The zero-order chi connectivity index (χ0) is 22.8. The summed E-state index contributed by atoms with van der Waals surface area (Å²) in [4.78, 5) is 24.8. The van der Waals surface area contributed by atoms with E-state index in [9.17, 15) is 9.59 Å². The third kappa shape index (κ3) is 6.34. The topological polar surface area (TPSA) is 73.9 Å². The predicted molar refractivity (Wildman–Crippen MR) is 123 cm³/mol. The Morgan fingerprint density at radius 2 is 1.41 bits per heavy atom. The first-order chi connectivity index (χ1) is 12.9. The highest BCUT2D eigenvalue weighted by molar-refractivity contribution is 6.76. The van der Waals surface area contributed by atoms with E-state index in [1.54, 1.807) is 18.2 Å². The van der Waals surface area contributed by atoms with Crippen LogP contribution >= 0.6 is 0 Å². The molecule has 0 fully saturated rings. The Kier molecular flexibility index (Phi) is 7.41. The molecule has 0 aliphatic rings. The number of methoxy groups -OCH3 is 1. The molecule has 1 aromatic carbocycles. The van der Waals surface area contributed by atoms with Crippen molar-refractivity contribution in [3.63, 3.8) is 0 Å². The van der Waals surface area contributed by atoms with Crippen molar-refractivity contribution in [2.24, 2.45) is 0 Å². The van der Waals surface area contributed by atoms with Crippen LogP contribution in [0.15, 0.2) is 18.2 Å². The number of hydrogen-bond acceptors (Lipinski definition) is 5. The molecule has 164 valence electrons. The minimum absolute atomic E-state index is 0.0312. The molecule has 0 radical (unpaired) electrons. The molecule has 8 heteroatoms. The lowest BCUT2D eigenvalue weighted by Gasteiger charge is -2.38. The molecule has 0 aliphatic heterocycles. The van der Waals surface area contributed by atoms with Gasteiger partial charge in [0.2, 0.25) is 0 Å². The Morgan fingerprint density at radius 1 is 0.897 bits per heavy atom.